The molecule has 1 aromatic heterocycles. The molecule has 8 heteroatoms. The summed E-state index contributed by atoms with van der Waals surface area (Å²) in [6, 6.07) is 12.0. The van der Waals surface area contributed by atoms with Crippen LogP contribution in [0.15, 0.2) is 47.4 Å². The Labute approximate surface area is 143 Å². The van der Waals surface area contributed by atoms with E-state index in [-0.39, 0.29) is 4.90 Å². The number of nitrogens with zero attached hydrogens (tertiary/aromatic N) is 2. The number of fused-ring (bicyclic) bond motifs is 1. The molecule has 0 radical (unpaired) electrons. The first-order chi connectivity index (χ1) is 11.5. The second-order valence-electron chi connectivity index (χ2n) is 5.25. The van der Waals surface area contributed by atoms with Crippen molar-refractivity contribution < 1.29 is 13.2 Å². The van der Waals surface area contributed by atoms with Crippen molar-refractivity contribution in [3.63, 3.8) is 0 Å². The van der Waals surface area contributed by atoms with Gasteiger partial charge in [-0.05, 0) is 36.2 Å². The van der Waals surface area contributed by atoms with Gasteiger partial charge in [0.15, 0.2) is 9.84 Å². The molecule has 0 atom stereocenters. The van der Waals surface area contributed by atoms with Crippen LogP contribution in [-0.4, -0.2) is 28.8 Å². The average Bonchev–Trinajstić information content (AvgIpc) is 3.03. The Bertz CT molecular complexity index is 979. The largest absolute Gasteiger partial charge is 0.325 e. The minimum Gasteiger partial charge on any atom is -0.325 e. The molecule has 0 aliphatic carbocycles. The highest BCUT2D eigenvalue weighted by molar-refractivity contribution is 7.92. The summed E-state index contributed by atoms with van der Waals surface area (Å²) < 4.78 is 33.1. The topological polar surface area (TPSA) is 89.0 Å². The molecule has 0 saturated carbocycles. The number of anilines is 1. The van der Waals surface area contributed by atoms with Crippen molar-refractivity contribution in [3.05, 3.63) is 48.0 Å². The fraction of sp³-hybridized carbons (Fsp3) is 0.188. The monoisotopic (exact) mass is 361 g/mol. The van der Waals surface area contributed by atoms with Gasteiger partial charge in [-0.15, -0.1) is 0 Å². The minimum atomic E-state index is -3.80. The van der Waals surface area contributed by atoms with Crippen molar-refractivity contribution in [1.82, 2.24) is 8.75 Å². The third-order valence-electron chi connectivity index (χ3n) is 3.55. The number of aromatic nitrogens is 2. The third kappa shape index (κ3) is 3.44. The summed E-state index contributed by atoms with van der Waals surface area (Å²) in [7, 11) is -3.80. The van der Waals surface area contributed by atoms with Crippen LogP contribution in [0.1, 0.15) is 12.5 Å². The van der Waals surface area contributed by atoms with Gasteiger partial charge in [-0.3, -0.25) is 4.79 Å². The molecule has 3 rings (SSSR count). The molecule has 0 aliphatic heterocycles. The number of benzene rings is 2. The SMILES string of the molecule is CCc1ccc(NC(=O)CS(=O)(=O)c2cccc3nsnc23)cc1. The van der Waals surface area contributed by atoms with Crippen LogP contribution in [0.3, 0.4) is 0 Å². The Balaban J connectivity index is 1.78. The fourth-order valence-electron chi connectivity index (χ4n) is 2.30. The van der Waals surface area contributed by atoms with Gasteiger partial charge in [-0.25, -0.2) is 8.42 Å². The second-order valence-corrected chi connectivity index (χ2v) is 7.73. The summed E-state index contributed by atoms with van der Waals surface area (Å²) in [4.78, 5) is 12.1. The zero-order chi connectivity index (χ0) is 17.2. The Hall–Kier alpha value is -2.32. The van der Waals surface area contributed by atoms with E-state index < -0.39 is 21.5 Å². The third-order valence-corrected chi connectivity index (χ3v) is 5.74. The molecule has 3 aromatic rings. The number of carbonyl (C=O) groups is 1. The molecule has 24 heavy (non-hydrogen) atoms. The number of amides is 1. The smallest absolute Gasteiger partial charge is 0.239 e. The first kappa shape index (κ1) is 16.5. The van der Waals surface area contributed by atoms with Gasteiger partial charge in [-0.2, -0.15) is 8.75 Å². The molecular weight excluding hydrogens is 346 g/mol. The number of sulfone groups is 1. The van der Waals surface area contributed by atoms with Crippen LogP contribution >= 0.6 is 11.7 Å². The van der Waals surface area contributed by atoms with E-state index in [0.29, 0.717) is 16.7 Å². The molecule has 6 nitrogen and oxygen atoms in total. The van der Waals surface area contributed by atoms with Crippen molar-refractivity contribution in [3.8, 4) is 0 Å². The second kappa shape index (κ2) is 6.66. The highest BCUT2D eigenvalue weighted by Crippen LogP contribution is 2.22. The number of aryl methyl sites for hydroxylation is 1. The molecule has 1 N–H and O–H groups in total. The van der Waals surface area contributed by atoms with E-state index in [0.717, 1.165) is 23.7 Å². The van der Waals surface area contributed by atoms with E-state index in [1.807, 2.05) is 19.1 Å². The predicted octanol–water partition coefficient (Wildman–Crippen LogP) is 2.67. The van der Waals surface area contributed by atoms with Crippen molar-refractivity contribution >= 4 is 44.2 Å². The molecular formula is C16H15N3O3S2. The number of hydrogen-bond donors (Lipinski definition) is 1. The summed E-state index contributed by atoms with van der Waals surface area (Å²) in [5.74, 6) is -1.22. The van der Waals surface area contributed by atoms with Crippen LogP contribution < -0.4 is 5.32 Å². The molecule has 0 bridgehead atoms. The van der Waals surface area contributed by atoms with Gasteiger partial charge in [0.1, 0.15) is 16.8 Å². The first-order valence-electron chi connectivity index (χ1n) is 7.32. The molecule has 2 aromatic carbocycles. The van der Waals surface area contributed by atoms with Gasteiger partial charge in [-0.1, -0.05) is 25.1 Å². The molecule has 0 aliphatic rings. The van der Waals surface area contributed by atoms with Gasteiger partial charge >= 0.3 is 0 Å². The van der Waals surface area contributed by atoms with Crippen LogP contribution in [0.2, 0.25) is 0 Å². The maximum Gasteiger partial charge on any atom is 0.239 e. The molecule has 124 valence electrons. The molecule has 0 saturated heterocycles. The van der Waals surface area contributed by atoms with Crippen molar-refractivity contribution in [2.75, 3.05) is 11.1 Å². The standard InChI is InChI=1S/C16H15N3O3S2/c1-2-11-6-8-12(9-7-11)17-15(20)10-24(21,22)14-5-3-4-13-16(14)19-23-18-13/h3-9H,2,10H2,1H3,(H,17,20). The summed E-state index contributed by atoms with van der Waals surface area (Å²) in [6.45, 7) is 2.04. The Morgan fingerprint density at radius 2 is 1.88 bits per heavy atom. The molecule has 1 amide bonds. The lowest BCUT2D eigenvalue weighted by molar-refractivity contribution is -0.113. The summed E-state index contributed by atoms with van der Waals surface area (Å²) in [5, 5.41) is 2.61. The van der Waals surface area contributed by atoms with E-state index in [2.05, 4.69) is 14.1 Å². The summed E-state index contributed by atoms with van der Waals surface area (Å²) >= 11 is 0.943. The summed E-state index contributed by atoms with van der Waals surface area (Å²) in [6.07, 6.45) is 0.897. The molecule has 0 unspecified atom stereocenters. The highest BCUT2D eigenvalue weighted by Gasteiger charge is 2.23. The van der Waals surface area contributed by atoms with E-state index >= 15 is 0 Å². The van der Waals surface area contributed by atoms with Gasteiger partial charge < -0.3 is 5.32 Å². The lowest BCUT2D eigenvalue weighted by Crippen LogP contribution is -2.23. The van der Waals surface area contributed by atoms with Crippen LogP contribution in [-0.2, 0) is 21.1 Å². The number of nitrogens with one attached hydrogen (secondary N) is 1. The van der Waals surface area contributed by atoms with Crippen molar-refractivity contribution in [2.24, 2.45) is 0 Å². The quantitative estimate of drug-likeness (QED) is 0.755. The fourth-order valence-corrected chi connectivity index (χ4v) is 4.21. The van der Waals surface area contributed by atoms with Crippen LogP contribution in [0.5, 0.6) is 0 Å². The highest BCUT2D eigenvalue weighted by atomic mass is 32.2. The van der Waals surface area contributed by atoms with Gasteiger partial charge in [0.2, 0.25) is 5.91 Å². The maximum absolute atomic E-state index is 12.5. The van der Waals surface area contributed by atoms with E-state index in [4.69, 9.17) is 0 Å². The molecule has 0 spiro atoms. The first-order valence-corrected chi connectivity index (χ1v) is 9.70. The Kier molecular flexibility index (Phi) is 4.59. The van der Waals surface area contributed by atoms with Crippen LogP contribution in [0.25, 0.3) is 11.0 Å². The lowest BCUT2D eigenvalue weighted by Gasteiger charge is -2.07. The van der Waals surface area contributed by atoms with E-state index in [1.54, 1.807) is 24.3 Å². The van der Waals surface area contributed by atoms with E-state index in [9.17, 15) is 13.2 Å². The Morgan fingerprint density at radius 3 is 2.58 bits per heavy atom. The van der Waals surface area contributed by atoms with Crippen molar-refractivity contribution in [2.45, 2.75) is 18.2 Å². The summed E-state index contributed by atoms with van der Waals surface area (Å²) in [5.41, 5.74) is 2.53. The van der Waals surface area contributed by atoms with Gasteiger partial charge in [0, 0.05) is 5.69 Å². The zero-order valence-corrected chi connectivity index (χ0v) is 14.5. The van der Waals surface area contributed by atoms with Crippen molar-refractivity contribution in [1.29, 1.82) is 0 Å². The number of carbonyl (C=O) groups excluding carboxylic acids is 1. The number of hydrogen-bond acceptors (Lipinski definition) is 6. The molecule has 0 fully saturated rings. The number of rotatable bonds is 5. The predicted molar refractivity (Wildman–Crippen MR) is 93.9 cm³/mol. The zero-order valence-electron chi connectivity index (χ0n) is 12.9. The van der Waals surface area contributed by atoms with Crippen LogP contribution in [0.4, 0.5) is 5.69 Å². The van der Waals surface area contributed by atoms with Gasteiger partial charge in [0.05, 0.1) is 16.6 Å². The molecule has 1 heterocycles. The Morgan fingerprint density at radius 1 is 1.12 bits per heavy atom. The minimum absolute atomic E-state index is 0.0326. The lowest BCUT2D eigenvalue weighted by atomic mass is 10.1. The van der Waals surface area contributed by atoms with Crippen LogP contribution in [0, 0.1) is 0 Å². The van der Waals surface area contributed by atoms with E-state index in [1.165, 1.54) is 6.07 Å². The average molecular weight is 361 g/mol. The maximum atomic E-state index is 12.5. The normalized spacial score (nSPS) is 11.5. The van der Waals surface area contributed by atoms with Gasteiger partial charge in [0.25, 0.3) is 0 Å².